The zero-order valence-electron chi connectivity index (χ0n) is 7.97. The van der Waals surface area contributed by atoms with Gasteiger partial charge < -0.3 is 5.11 Å². The van der Waals surface area contributed by atoms with E-state index in [0.717, 1.165) is 5.56 Å². The van der Waals surface area contributed by atoms with E-state index in [0.29, 0.717) is 0 Å². The maximum absolute atomic E-state index is 11.5. The van der Waals surface area contributed by atoms with Crippen molar-refractivity contribution in [2.75, 3.05) is 0 Å². The summed E-state index contributed by atoms with van der Waals surface area (Å²) in [6.45, 7) is 1.66. The van der Waals surface area contributed by atoms with E-state index < -0.39 is 11.5 Å². The second kappa shape index (κ2) is 3.07. The molecule has 1 N–H and O–H groups in total. The summed E-state index contributed by atoms with van der Waals surface area (Å²) in [5.74, 6) is -0.468. The molecule has 0 aromatic heterocycles. The molecule has 1 aromatic carbocycles. The van der Waals surface area contributed by atoms with Crippen LogP contribution < -0.4 is 0 Å². The molecule has 72 valence electrons. The van der Waals surface area contributed by atoms with Gasteiger partial charge in [-0.2, -0.15) is 0 Å². The van der Waals surface area contributed by atoms with E-state index in [1.165, 1.54) is 6.08 Å². The smallest absolute Gasteiger partial charge is 0.166 e. The summed E-state index contributed by atoms with van der Waals surface area (Å²) in [5.41, 5.74) is -0.175. The van der Waals surface area contributed by atoms with Crippen molar-refractivity contribution in [3.05, 3.63) is 48.0 Å². The molecule has 0 bridgehead atoms. The molecule has 1 aliphatic carbocycles. The zero-order valence-corrected chi connectivity index (χ0v) is 7.97. The molecule has 2 nitrogen and oxygen atoms in total. The number of aliphatic hydroxyl groups is 1. The molecule has 0 amide bonds. The van der Waals surface area contributed by atoms with Gasteiger partial charge in [-0.15, -0.1) is 0 Å². The molecular weight excluding hydrogens is 176 g/mol. The van der Waals surface area contributed by atoms with E-state index in [9.17, 15) is 9.90 Å². The van der Waals surface area contributed by atoms with Gasteiger partial charge in [0.15, 0.2) is 5.78 Å². The number of carbonyl (C=O) groups excluding carboxylic acids is 1. The van der Waals surface area contributed by atoms with E-state index in [2.05, 4.69) is 0 Å². The van der Waals surface area contributed by atoms with Crippen LogP contribution in [-0.4, -0.2) is 16.5 Å². The molecule has 0 saturated heterocycles. The largest absolute Gasteiger partial charge is 0.385 e. The van der Waals surface area contributed by atoms with Crippen molar-refractivity contribution in [3.8, 4) is 0 Å². The predicted molar refractivity (Wildman–Crippen MR) is 54.0 cm³/mol. The number of hydrogen-bond donors (Lipinski definition) is 1. The fourth-order valence-corrected chi connectivity index (χ4v) is 1.88. The average molecular weight is 188 g/mol. The van der Waals surface area contributed by atoms with Gasteiger partial charge in [0.25, 0.3) is 0 Å². The van der Waals surface area contributed by atoms with E-state index in [4.69, 9.17) is 0 Å². The number of hydrogen-bond acceptors (Lipinski definition) is 2. The van der Waals surface area contributed by atoms with Gasteiger partial charge in [-0.3, -0.25) is 4.79 Å². The Balaban J connectivity index is 2.41. The molecule has 2 heteroatoms. The first-order chi connectivity index (χ1) is 6.61. The van der Waals surface area contributed by atoms with Crippen LogP contribution in [-0.2, 0) is 4.79 Å². The van der Waals surface area contributed by atoms with Crippen LogP contribution in [0.3, 0.4) is 0 Å². The fourth-order valence-electron chi connectivity index (χ4n) is 1.88. The Morgan fingerprint density at radius 2 is 1.93 bits per heavy atom. The van der Waals surface area contributed by atoms with Crippen LogP contribution in [0.4, 0.5) is 0 Å². The first-order valence-electron chi connectivity index (χ1n) is 4.62. The Labute approximate surface area is 82.9 Å². The van der Waals surface area contributed by atoms with Crippen molar-refractivity contribution in [3.63, 3.8) is 0 Å². The summed E-state index contributed by atoms with van der Waals surface area (Å²) in [6.07, 6.45) is 3.02. The Hall–Kier alpha value is -1.41. The summed E-state index contributed by atoms with van der Waals surface area (Å²) in [7, 11) is 0. The summed E-state index contributed by atoms with van der Waals surface area (Å²) >= 11 is 0. The fraction of sp³-hybridized carbons (Fsp3) is 0.250. The van der Waals surface area contributed by atoms with E-state index in [-0.39, 0.29) is 5.78 Å². The first-order valence-corrected chi connectivity index (χ1v) is 4.62. The molecule has 1 aromatic rings. The molecule has 2 unspecified atom stereocenters. The van der Waals surface area contributed by atoms with Crippen molar-refractivity contribution in [1.82, 2.24) is 0 Å². The number of ketones is 1. The molecule has 1 aliphatic rings. The lowest BCUT2D eigenvalue weighted by atomic mass is 9.85. The monoisotopic (exact) mass is 188 g/mol. The maximum atomic E-state index is 11.5. The van der Waals surface area contributed by atoms with Gasteiger partial charge in [0, 0.05) is 0 Å². The third-order valence-electron chi connectivity index (χ3n) is 2.59. The summed E-state index contributed by atoms with van der Waals surface area (Å²) in [5, 5.41) is 9.97. The average Bonchev–Trinajstić information content (AvgIpc) is 2.42. The molecule has 14 heavy (non-hydrogen) atoms. The highest BCUT2D eigenvalue weighted by Gasteiger charge is 2.39. The number of rotatable bonds is 1. The van der Waals surface area contributed by atoms with E-state index in [1.807, 2.05) is 30.3 Å². The Bertz CT molecular complexity index is 377. The lowest BCUT2D eigenvalue weighted by Crippen LogP contribution is -2.30. The van der Waals surface area contributed by atoms with Crippen LogP contribution in [0.25, 0.3) is 0 Å². The van der Waals surface area contributed by atoms with Gasteiger partial charge in [-0.1, -0.05) is 30.3 Å². The Morgan fingerprint density at radius 3 is 2.43 bits per heavy atom. The second-order valence-electron chi connectivity index (χ2n) is 3.81. The lowest BCUT2D eigenvalue weighted by Gasteiger charge is -2.23. The number of allylic oxidation sites excluding steroid dienone is 1. The van der Waals surface area contributed by atoms with Gasteiger partial charge >= 0.3 is 0 Å². The van der Waals surface area contributed by atoms with Gasteiger partial charge in [0.05, 0.1) is 11.5 Å². The highest BCUT2D eigenvalue weighted by molar-refractivity contribution is 5.99. The minimum absolute atomic E-state index is 0.0267. The molecular formula is C12H12O2. The van der Waals surface area contributed by atoms with Crippen molar-refractivity contribution in [1.29, 1.82) is 0 Å². The van der Waals surface area contributed by atoms with Crippen LogP contribution in [0.2, 0.25) is 0 Å². The maximum Gasteiger partial charge on any atom is 0.166 e. The molecule has 2 rings (SSSR count). The first kappa shape index (κ1) is 9.16. The highest BCUT2D eigenvalue weighted by atomic mass is 16.3. The minimum atomic E-state index is -1.04. The van der Waals surface area contributed by atoms with Crippen molar-refractivity contribution < 1.29 is 9.90 Å². The van der Waals surface area contributed by atoms with Crippen molar-refractivity contribution in [2.24, 2.45) is 0 Å². The quantitative estimate of drug-likeness (QED) is 0.727. The minimum Gasteiger partial charge on any atom is -0.385 e. The van der Waals surface area contributed by atoms with Crippen LogP contribution in [0, 0.1) is 0 Å². The highest BCUT2D eigenvalue weighted by Crippen LogP contribution is 2.35. The molecule has 0 radical (unpaired) electrons. The van der Waals surface area contributed by atoms with Crippen molar-refractivity contribution >= 4 is 5.78 Å². The van der Waals surface area contributed by atoms with Gasteiger partial charge in [-0.05, 0) is 24.6 Å². The molecule has 0 fully saturated rings. The van der Waals surface area contributed by atoms with Crippen LogP contribution in [0.1, 0.15) is 18.4 Å². The van der Waals surface area contributed by atoms with E-state index >= 15 is 0 Å². The third kappa shape index (κ3) is 1.38. The van der Waals surface area contributed by atoms with Gasteiger partial charge in [0.1, 0.15) is 0 Å². The molecule has 0 spiro atoms. The predicted octanol–water partition coefficient (Wildman–Crippen LogP) is 1.66. The zero-order chi connectivity index (χ0) is 10.2. The normalized spacial score (nSPS) is 31.0. The molecule has 0 aliphatic heterocycles. The molecule has 0 saturated carbocycles. The standard InChI is InChI=1S/C12H12O2/c1-12(14)8-7-10(13)11(12)9-5-3-2-4-6-9/h2-8,11,14H,1H3. The van der Waals surface area contributed by atoms with E-state index in [1.54, 1.807) is 13.0 Å². The Kier molecular flexibility index (Phi) is 2.01. The second-order valence-corrected chi connectivity index (χ2v) is 3.81. The van der Waals surface area contributed by atoms with Crippen LogP contribution in [0.5, 0.6) is 0 Å². The molecule has 2 atom stereocenters. The molecule has 0 heterocycles. The SMILES string of the molecule is CC1(O)C=CC(=O)C1c1ccccc1. The summed E-state index contributed by atoms with van der Waals surface area (Å²) in [6, 6.07) is 9.37. The summed E-state index contributed by atoms with van der Waals surface area (Å²) in [4.78, 5) is 11.5. The lowest BCUT2D eigenvalue weighted by molar-refractivity contribution is -0.118. The number of carbonyl (C=O) groups is 1. The number of benzene rings is 1. The topological polar surface area (TPSA) is 37.3 Å². The van der Waals surface area contributed by atoms with Gasteiger partial charge in [0.2, 0.25) is 0 Å². The third-order valence-corrected chi connectivity index (χ3v) is 2.59. The van der Waals surface area contributed by atoms with Gasteiger partial charge in [-0.25, -0.2) is 0 Å². The van der Waals surface area contributed by atoms with Crippen molar-refractivity contribution in [2.45, 2.75) is 18.4 Å². The van der Waals surface area contributed by atoms with Crippen LogP contribution in [0.15, 0.2) is 42.5 Å². The summed E-state index contributed by atoms with van der Waals surface area (Å²) < 4.78 is 0. The Morgan fingerprint density at radius 1 is 1.29 bits per heavy atom. The van der Waals surface area contributed by atoms with Crippen LogP contribution >= 0.6 is 0 Å².